The molecule has 1 atom stereocenters. The Labute approximate surface area is 170 Å². The number of fused-ring (bicyclic) bond motifs is 1. The monoisotopic (exact) mass is 387 g/mol. The third-order valence-corrected chi connectivity index (χ3v) is 6.40. The molecule has 0 aliphatic carbocycles. The Morgan fingerprint density at radius 1 is 1.00 bits per heavy atom. The van der Waals surface area contributed by atoms with Gasteiger partial charge in [0.05, 0.1) is 11.2 Å². The van der Waals surface area contributed by atoms with Gasteiger partial charge in [0.1, 0.15) is 0 Å². The van der Waals surface area contributed by atoms with Crippen molar-refractivity contribution in [1.29, 1.82) is 0 Å². The highest BCUT2D eigenvalue weighted by Gasteiger charge is 2.46. The van der Waals surface area contributed by atoms with Crippen molar-refractivity contribution in [3.05, 3.63) is 76.8 Å². The van der Waals surface area contributed by atoms with E-state index in [4.69, 9.17) is 4.98 Å². The minimum Gasteiger partial charge on any atom is -0.339 e. The van der Waals surface area contributed by atoms with Gasteiger partial charge >= 0.3 is 0 Å². The SMILES string of the molecule is Cn1c(N2CCN3CCCC3(c3ccccc3)C2)nc(-c2ccncc2)cc1=O. The third kappa shape index (κ3) is 3.04. The zero-order chi connectivity index (χ0) is 19.8. The molecule has 0 amide bonds. The van der Waals surface area contributed by atoms with E-state index in [2.05, 4.69) is 45.1 Å². The van der Waals surface area contributed by atoms with Gasteiger partial charge < -0.3 is 4.90 Å². The molecule has 2 aliphatic heterocycles. The zero-order valence-electron chi connectivity index (χ0n) is 16.7. The fourth-order valence-corrected chi connectivity index (χ4v) is 4.89. The largest absolute Gasteiger partial charge is 0.339 e. The maximum absolute atomic E-state index is 12.7. The number of aromatic nitrogens is 3. The second kappa shape index (κ2) is 7.12. The predicted octanol–water partition coefficient (Wildman–Crippen LogP) is 2.65. The molecule has 1 unspecified atom stereocenters. The van der Waals surface area contributed by atoms with Crippen LogP contribution in [0.1, 0.15) is 18.4 Å². The van der Waals surface area contributed by atoms with E-state index in [1.807, 2.05) is 19.2 Å². The molecule has 6 heteroatoms. The van der Waals surface area contributed by atoms with Crippen LogP contribution < -0.4 is 10.5 Å². The Morgan fingerprint density at radius 3 is 2.59 bits per heavy atom. The van der Waals surface area contributed by atoms with Gasteiger partial charge in [-0.3, -0.25) is 19.2 Å². The number of piperazine rings is 1. The molecule has 2 saturated heterocycles. The molecule has 0 bridgehead atoms. The van der Waals surface area contributed by atoms with Crippen LogP contribution in [0.4, 0.5) is 5.95 Å². The lowest BCUT2D eigenvalue weighted by Crippen LogP contribution is -2.58. The highest BCUT2D eigenvalue weighted by atomic mass is 16.1. The van der Waals surface area contributed by atoms with Crippen LogP contribution in [0, 0.1) is 0 Å². The van der Waals surface area contributed by atoms with E-state index < -0.39 is 0 Å². The number of anilines is 1. The second-order valence-corrected chi connectivity index (χ2v) is 7.98. The molecule has 2 aliphatic rings. The van der Waals surface area contributed by atoms with E-state index in [-0.39, 0.29) is 11.1 Å². The first-order valence-corrected chi connectivity index (χ1v) is 10.2. The molecule has 2 fully saturated rings. The highest BCUT2D eigenvalue weighted by molar-refractivity contribution is 5.59. The smallest absolute Gasteiger partial charge is 0.255 e. The van der Waals surface area contributed by atoms with Crippen molar-refractivity contribution in [2.45, 2.75) is 18.4 Å². The van der Waals surface area contributed by atoms with Crippen LogP contribution in [0.5, 0.6) is 0 Å². The second-order valence-electron chi connectivity index (χ2n) is 7.98. The molecule has 0 N–H and O–H groups in total. The van der Waals surface area contributed by atoms with Crippen LogP contribution in [0.3, 0.4) is 0 Å². The fraction of sp³-hybridized carbons (Fsp3) is 0.348. The van der Waals surface area contributed by atoms with E-state index >= 15 is 0 Å². The predicted molar refractivity (Wildman–Crippen MR) is 114 cm³/mol. The first-order chi connectivity index (χ1) is 14.2. The van der Waals surface area contributed by atoms with Gasteiger partial charge in [-0.15, -0.1) is 0 Å². The van der Waals surface area contributed by atoms with Crippen molar-refractivity contribution >= 4 is 5.95 Å². The molecule has 5 rings (SSSR count). The highest BCUT2D eigenvalue weighted by Crippen LogP contribution is 2.42. The summed E-state index contributed by atoms with van der Waals surface area (Å²) >= 11 is 0. The van der Waals surface area contributed by atoms with Crippen LogP contribution in [0.25, 0.3) is 11.3 Å². The van der Waals surface area contributed by atoms with Crippen molar-refractivity contribution in [1.82, 2.24) is 19.4 Å². The van der Waals surface area contributed by atoms with Crippen LogP contribution in [-0.2, 0) is 12.6 Å². The van der Waals surface area contributed by atoms with Gasteiger partial charge in [0.2, 0.25) is 5.95 Å². The molecule has 0 radical (unpaired) electrons. The first kappa shape index (κ1) is 18.1. The molecule has 3 aromatic rings. The number of pyridine rings is 1. The summed E-state index contributed by atoms with van der Waals surface area (Å²) in [7, 11) is 1.82. The quantitative estimate of drug-likeness (QED) is 0.692. The molecular formula is C23H25N5O. The van der Waals surface area contributed by atoms with Gasteiger partial charge in [-0.25, -0.2) is 4.98 Å². The number of hydrogen-bond acceptors (Lipinski definition) is 5. The third-order valence-electron chi connectivity index (χ3n) is 6.40. The lowest BCUT2D eigenvalue weighted by molar-refractivity contribution is 0.118. The summed E-state index contributed by atoms with van der Waals surface area (Å²) in [6.07, 6.45) is 5.80. The summed E-state index contributed by atoms with van der Waals surface area (Å²) in [5, 5.41) is 0. The summed E-state index contributed by atoms with van der Waals surface area (Å²) < 4.78 is 1.67. The van der Waals surface area contributed by atoms with E-state index in [0.29, 0.717) is 5.69 Å². The molecule has 148 valence electrons. The summed E-state index contributed by atoms with van der Waals surface area (Å²) in [6, 6.07) is 16.2. The lowest BCUT2D eigenvalue weighted by Gasteiger charge is -2.48. The fourth-order valence-electron chi connectivity index (χ4n) is 4.89. The molecule has 6 nitrogen and oxygen atoms in total. The van der Waals surface area contributed by atoms with Crippen molar-refractivity contribution < 1.29 is 0 Å². The lowest BCUT2D eigenvalue weighted by atomic mass is 9.85. The average Bonchev–Trinajstić information content (AvgIpc) is 3.21. The van der Waals surface area contributed by atoms with Gasteiger partial charge in [-0.2, -0.15) is 0 Å². The molecule has 1 aromatic carbocycles. The topological polar surface area (TPSA) is 54.3 Å². The number of benzene rings is 1. The average molecular weight is 387 g/mol. The Kier molecular flexibility index (Phi) is 4.43. The number of nitrogens with zero attached hydrogens (tertiary/aromatic N) is 5. The summed E-state index contributed by atoms with van der Waals surface area (Å²) in [4.78, 5) is 26.6. The van der Waals surface area contributed by atoms with Crippen molar-refractivity contribution in [3.8, 4) is 11.3 Å². The van der Waals surface area contributed by atoms with Crippen molar-refractivity contribution in [2.75, 3.05) is 31.1 Å². The minimum atomic E-state index is -0.0376. The van der Waals surface area contributed by atoms with Crippen LogP contribution in [0.2, 0.25) is 0 Å². The first-order valence-electron chi connectivity index (χ1n) is 10.2. The zero-order valence-corrected chi connectivity index (χ0v) is 16.7. The van der Waals surface area contributed by atoms with E-state index in [0.717, 1.165) is 44.1 Å². The molecule has 29 heavy (non-hydrogen) atoms. The van der Waals surface area contributed by atoms with E-state index in [1.54, 1.807) is 23.0 Å². The van der Waals surface area contributed by atoms with Gasteiger partial charge in [0.15, 0.2) is 0 Å². The number of hydrogen-bond donors (Lipinski definition) is 0. The van der Waals surface area contributed by atoms with E-state index in [9.17, 15) is 4.79 Å². The van der Waals surface area contributed by atoms with Crippen LogP contribution >= 0.6 is 0 Å². The van der Waals surface area contributed by atoms with Crippen LogP contribution in [0.15, 0.2) is 65.7 Å². The number of rotatable bonds is 3. The van der Waals surface area contributed by atoms with Gasteiger partial charge in [-0.1, -0.05) is 30.3 Å². The van der Waals surface area contributed by atoms with Gasteiger partial charge in [-0.05, 0) is 37.1 Å². The molecule has 2 aromatic heterocycles. The Morgan fingerprint density at radius 2 is 1.79 bits per heavy atom. The standard InChI is InChI=1S/C23H25N5O/c1-26-21(29)16-20(18-8-11-24-12-9-18)25-22(26)27-14-15-28-13-5-10-23(28,17-27)19-6-3-2-4-7-19/h2-4,6-9,11-12,16H,5,10,13-15,17H2,1H3. The Bertz CT molecular complexity index is 1070. The minimum absolute atomic E-state index is 0.0100. The van der Waals surface area contributed by atoms with Gasteiger partial charge in [0, 0.05) is 50.7 Å². The normalized spacial score (nSPS) is 21.9. The summed E-state index contributed by atoms with van der Waals surface area (Å²) in [6.45, 7) is 3.82. The van der Waals surface area contributed by atoms with Crippen molar-refractivity contribution in [3.63, 3.8) is 0 Å². The maximum Gasteiger partial charge on any atom is 0.255 e. The molecular weight excluding hydrogens is 362 g/mol. The maximum atomic E-state index is 12.7. The van der Waals surface area contributed by atoms with Crippen LogP contribution in [-0.4, -0.2) is 45.6 Å². The molecule has 4 heterocycles. The Balaban J connectivity index is 1.56. The molecule has 0 saturated carbocycles. The Hall–Kier alpha value is -2.99. The molecule has 0 spiro atoms. The summed E-state index contributed by atoms with van der Waals surface area (Å²) in [5.41, 5.74) is 2.93. The van der Waals surface area contributed by atoms with Gasteiger partial charge in [0.25, 0.3) is 5.56 Å². The van der Waals surface area contributed by atoms with E-state index in [1.165, 1.54) is 12.0 Å². The van der Waals surface area contributed by atoms with Crippen molar-refractivity contribution in [2.24, 2.45) is 7.05 Å². The summed E-state index contributed by atoms with van der Waals surface area (Å²) in [5.74, 6) is 0.742.